The molecule has 1 aromatic rings. The molecule has 0 saturated carbocycles. The molecule has 6 heteroatoms. The van der Waals surface area contributed by atoms with E-state index in [0.29, 0.717) is 17.9 Å². The Morgan fingerprint density at radius 1 is 1.11 bits per heavy atom. The number of Topliss-reactive ketones (excluding diaryl/α,β-unsaturated/α-hetero) is 1. The summed E-state index contributed by atoms with van der Waals surface area (Å²) < 4.78 is 0. The number of carboxylic acids is 1. The smallest absolute Gasteiger partial charge is 0.371 e. The van der Waals surface area contributed by atoms with E-state index in [4.69, 9.17) is 5.11 Å². The zero-order valence-electron chi connectivity index (χ0n) is 16.4. The molecular formula is C22H28N2O4. The van der Waals surface area contributed by atoms with Crippen molar-refractivity contribution in [2.75, 3.05) is 26.2 Å². The molecule has 5 aliphatic rings. The van der Waals surface area contributed by atoms with Gasteiger partial charge in [-0.1, -0.05) is 12.1 Å². The maximum atomic E-state index is 13.1. The number of carbonyl (C=O) groups is 3. The van der Waals surface area contributed by atoms with E-state index >= 15 is 0 Å². The van der Waals surface area contributed by atoms with Crippen molar-refractivity contribution in [3.8, 4) is 0 Å². The van der Waals surface area contributed by atoms with Crippen LogP contribution in [0.2, 0.25) is 0 Å². The van der Waals surface area contributed by atoms with Crippen molar-refractivity contribution >= 4 is 17.7 Å². The number of ketones is 1. The number of aliphatic carboxylic acids is 1. The molecule has 3 fully saturated rings. The first-order valence-corrected chi connectivity index (χ1v) is 10.3. The molecule has 1 N–H and O–H groups in total. The molecule has 0 unspecified atom stereocenters. The second-order valence-electron chi connectivity index (χ2n) is 8.49. The van der Waals surface area contributed by atoms with Gasteiger partial charge in [-0.2, -0.15) is 0 Å². The Balaban J connectivity index is 0.000000283. The Morgan fingerprint density at radius 2 is 1.82 bits per heavy atom. The Morgan fingerprint density at radius 3 is 2.43 bits per heavy atom. The van der Waals surface area contributed by atoms with Gasteiger partial charge in [0.25, 0.3) is 5.91 Å². The van der Waals surface area contributed by atoms with Gasteiger partial charge < -0.3 is 14.9 Å². The van der Waals surface area contributed by atoms with Gasteiger partial charge in [0.15, 0.2) is 0 Å². The molecule has 150 valence electrons. The normalized spacial score (nSPS) is 30.2. The predicted molar refractivity (Wildman–Crippen MR) is 104 cm³/mol. The Hall–Kier alpha value is -2.21. The monoisotopic (exact) mass is 384 g/mol. The van der Waals surface area contributed by atoms with Crippen molar-refractivity contribution in [1.29, 1.82) is 0 Å². The highest BCUT2D eigenvalue weighted by molar-refractivity contribution is 6.31. The number of piperidine rings is 3. The predicted octanol–water partition coefficient (Wildman–Crippen LogP) is 2.32. The van der Waals surface area contributed by atoms with Crippen LogP contribution >= 0.6 is 0 Å². The first-order valence-electron chi connectivity index (χ1n) is 10.3. The fourth-order valence-electron chi connectivity index (χ4n) is 5.41. The van der Waals surface area contributed by atoms with Gasteiger partial charge >= 0.3 is 5.97 Å². The van der Waals surface area contributed by atoms with Crippen LogP contribution in [0.25, 0.3) is 0 Å². The largest absolute Gasteiger partial charge is 0.476 e. The van der Waals surface area contributed by atoms with E-state index in [-0.39, 0.29) is 0 Å². The van der Waals surface area contributed by atoms with Gasteiger partial charge in [-0.3, -0.25) is 9.59 Å². The molecule has 3 saturated heterocycles. The Bertz CT molecular complexity index is 786. The van der Waals surface area contributed by atoms with E-state index < -0.39 is 11.8 Å². The van der Waals surface area contributed by atoms with Crippen LogP contribution in [0.15, 0.2) is 18.2 Å². The zero-order chi connectivity index (χ0) is 19.8. The molecule has 0 aromatic heterocycles. The average Bonchev–Trinajstić information content (AvgIpc) is 2.72. The lowest BCUT2D eigenvalue weighted by Crippen LogP contribution is -2.60. The topological polar surface area (TPSA) is 77.9 Å². The maximum absolute atomic E-state index is 13.1. The van der Waals surface area contributed by atoms with Crippen molar-refractivity contribution < 1.29 is 19.5 Å². The molecule has 1 amide bonds. The molecule has 4 aliphatic heterocycles. The van der Waals surface area contributed by atoms with Gasteiger partial charge in [0, 0.05) is 37.5 Å². The summed E-state index contributed by atoms with van der Waals surface area (Å²) in [5, 5.41) is 7.64. The first kappa shape index (κ1) is 19.1. The third kappa shape index (κ3) is 3.46. The van der Waals surface area contributed by atoms with Gasteiger partial charge in [0.2, 0.25) is 5.78 Å². The number of hydrogen-bond donors (Lipinski definition) is 1. The van der Waals surface area contributed by atoms with E-state index in [1.54, 1.807) is 0 Å². The number of rotatable bonds is 2. The van der Waals surface area contributed by atoms with E-state index in [2.05, 4.69) is 28.0 Å². The lowest BCUT2D eigenvalue weighted by Gasteiger charge is -2.51. The average molecular weight is 384 g/mol. The second-order valence-corrected chi connectivity index (χ2v) is 8.49. The Labute approximate surface area is 165 Å². The fourth-order valence-corrected chi connectivity index (χ4v) is 5.41. The summed E-state index contributed by atoms with van der Waals surface area (Å²) in [6.45, 7) is 5.57. The SMILES string of the molecule is CC(=O)C(=O)O.O=C1c2cccc3c2[C@H](CCC3)CN1[C@@H]1CN2CCC1CC2. The van der Waals surface area contributed by atoms with Crippen LogP contribution in [0.3, 0.4) is 0 Å². The molecule has 2 atom stereocenters. The van der Waals surface area contributed by atoms with Crippen LogP contribution < -0.4 is 0 Å². The molecule has 1 aromatic carbocycles. The number of carbonyl (C=O) groups excluding carboxylic acids is 2. The van der Waals surface area contributed by atoms with Gasteiger partial charge in [0.1, 0.15) is 0 Å². The molecule has 4 heterocycles. The third-order valence-corrected chi connectivity index (χ3v) is 6.83. The number of aryl methyl sites for hydroxylation is 1. The van der Waals surface area contributed by atoms with E-state index in [1.807, 2.05) is 0 Å². The molecule has 6 rings (SSSR count). The fraction of sp³-hybridized carbons (Fsp3) is 0.591. The highest BCUT2D eigenvalue weighted by Gasteiger charge is 2.43. The van der Waals surface area contributed by atoms with Crippen LogP contribution in [-0.4, -0.2) is 64.8 Å². The molecular weight excluding hydrogens is 356 g/mol. The van der Waals surface area contributed by atoms with Crippen LogP contribution in [0.1, 0.15) is 60.0 Å². The molecule has 28 heavy (non-hydrogen) atoms. The summed E-state index contributed by atoms with van der Waals surface area (Å²) in [6, 6.07) is 6.87. The van der Waals surface area contributed by atoms with Crippen LogP contribution in [-0.2, 0) is 16.0 Å². The van der Waals surface area contributed by atoms with E-state index in [9.17, 15) is 14.4 Å². The quantitative estimate of drug-likeness (QED) is 0.792. The minimum absolute atomic E-state index is 0.314. The van der Waals surface area contributed by atoms with Crippen LogP contribution in [0.4, 0.5) is 0 Å². The first-order chi connectivity index (χ1) is 13.5. The molecule has 1 aliphatic carbocycles. The zero-order valence-corrected chi connectivity index (χ0v) is 16.4. The number of nitrogens with zero attached hydrogens (tertiary/aromatic N) is 2. The van der Waals surface area contributed by atoms with Crippen molar-refractivity contribution in [3.05, 3.63) is 34.9 Å². The minimum atomic E-state index is -1.38. The van der Waals surface area contributed by atoms with Crippen LogP contribution in [0.5, 0.6) is 0 Å². The third-order valence-electron chi connectivity index (χ3n) is 6.83. The highest BCUT2D eigenvalue weighted by atomic mass is 16.4. The summed E-state index contributed by atoms with van der Waals surface area (Å²) in [4.78, 5) is 36.9. The molecule has 6 nitrogen and oxygen atoms in total. The number of hydrogen-bond acceptors (Lipinski definition) is 4. The van der Waals surface area contributed by atoms with Gasteiger partial charge in [0.05, 0.1) is 0 Å². The van der Waals surface area contributed by atoms with Crippen LogP contribution in [0, 0.1) is 5.92 Å². The Kier molecular flexibility index (Phi) is 5.23. The van der Waals surface area contributed by atoms with E-state index in [1.165, 1.54) is 49.9 Å². The second kappa shape index (κ2) is 7.66. The molecule has 0 radical (unpaired) electrons. The number of amides is 1. The van der Waals surface area contributed by atoms with Crippen molar-refractivity contribution in [3.63, 3.8) is 0 Å². The van der Waals surface area contributed by atoms with Gasteiger partial charge in [-0.25, -0.2) is 4.79 Å². The summed E-state index contributed by atoms with van der Waals surface area (Å²) >= 11 is 0. The van der Waals surface area contributed by atoms with E-state index in [0.717, 1.165) is 37.9 Å². The molecule has 2 bridgehead atoms. The summed E-state index contributed by atoms with van der Waals surface area (Å²) in [7, 11) is 0. The number of fused-ring (bicyclic) bond motifs is 3. The van der Waals surface area contributed by atoms with Gasteiger partial charge in [-0.15, -0.1) is 0 Å². The van der Waals surface area contributed by atoms with Gasteiger partial charge in [-0.05, 0) is 68.3 Å². The lowest BCUT2D eigenvalue weighted by atomic mass is 9.75. The van der Waals surface area contributed by atoms with Crippen molar-refractivity contribution in [2.24, 2.45) is 5.92 Å². The standard InChI is InChI=1S/C19H24N2O.C3H4O3/c22-19-16-6-2-4-14-3-1-5-15(18(14)16)11-21(19)17-12-20-9-7-13(17)8-10-20;1-2(4)3(5)6/h2,4,6,13,15,17H,1,3,5,7-12H2;1H3,(H,5,6)/t15-,17-;/m1./s1. The summed E-state index contributed by atoms with van der Waals surface area (Å²) in [5.74, 6) is -0.561. The number of benzene rings is 1. The number of carboxylic acid groups (broad SMARTS) is 1. The van der Waals surface area contributed by atoms with Crippen molar-refractivity contribution in [1.82, 2.24) is 9.80 Å². The minimum Gasteiger partial charge on any atom is -0.476 e. The highest BCUT2D eigenvalue weighted by Crippen LogP contribution is 2.41. The maximum Gasteiger partial charge on any atom is 0.371 e. The lowest BCUT2D eigenvalue weighted by molar-refractivity contribution is -0.148. The summed E-state index contributed by atoms with van der Waals surface area (Å²) in [5.41, 5.74) is 3.86. The van der Waals surface area contributed by atoms with Crippen molar-refractivity contribution in [2.45, 2.75) is 51.0 Å². The molecule has 0 spiro atoms. The summed E-state index contributed by atoms with van der Waals surface area (Å²) in [6.07, 6.45) is 6.27.